The van der Waals surface area contributed by atoms with Gasteiger partial charge in [-0.25, -0.2) is 8.42 Å². The Morgan fingerprint density at radius 3 is 2.07 bits per heavy atom. The monoisotopic (exact) mass is 395 g/mol. The minimum atomic E-state index is -3.47. The van der Waals surface area contributed by atoms with Gasteiger partial charge in [-0.1, -0.05) is 48.5 Å². The number of ether oxygens (including phenoxy) is 1. The van der Waals surface area contributed by atoms with E-state index in [1.807, 2.05) is 30.3 Å². The van der Waals surface area contributed by atoms with Gasteiger partial charge in [0.15, 0.2) is 9.84 Å². The smallest absolute Gasteiger partial charge is 0.225 e. The van der Waals surface area contributed by atoms with E-state index < -0.39 is 9.84 Å². The zero-order valence-corrected chi connectivity index (χ0v) is 16.1. The van der Waals surface area contributed by atoms with Crippen molar-refractivity contribution in [3.05, 3.63) is 90.5 Å². The second-order valence-electron chi connectivity index (χ2n) is 6.23. The summed E-state index contributed by atoms with van der Waals surface area (Å²) in [5, 5.41) is 2.71. The molecule has 0 atom stereocenters. The van der Waals surface area contributed by atoms with E-state index in [0.29, 0.717) is 18.0 Å². The van der Waals surface area contributed by atoms with E-state index >= 15 is 0 Å². The molecule has 0 aliphatic carbocycles. The van der Waals surface area contributed by atoms with Crippen LogP contribution in [-0.4, -0.2) is 20.1 Å². The largest absolute Gasteiger partial charge is 0.489 e. The van der Waals surface area contributed by atoms with Gasteiger partial charge in [-0.3, -0.25) is 4.79 Å². The standard InChI is InChI=1S/C22H21NO4S/c24-22(15-16-28(25,26)21-9-5-2-6-10-21)23-19-11-13-20(14-12-19)27-17-18-7-3-1-4-8-18/h1-14H,15-17H2,(H,23,24). The van der Waals surface area contributed by atoms with Gasteiger partial charge in [0.05, 0.1) is 10.6 Å². The lowest BCUT2D eigenvalue weighted by atomic mass is 10.2. The van der Waals surface area contributed by atoms with Crippen molar-refractivity contribution >= 4 is 21.4 Å². The lowest BCUT2D eigenvalue weighted by Gasteiger charge is -2.09. The van der Waals surface area contributed by atoms with Crippen molar-refractivity contribution < 1.29 is 17.9 Å². The van der Waals surface area contributed by atoms with Crippen LogP contribution in [0.5, 0.6) is 5.75 Å². The predicted molar refractivity (Wildman–Crippen MR) is 109 cm³/mol. The molecule has 0 aromatic heterocycles. The molecule has 28 heavy (non-hydrogen) atoms. The molecule has 144 valence electrons. The molecule has 0 fully saturated rings. The minimum Gasteiger partial charge on any atom is -0.489 e. The molecule has 0 unspecified atom stereocenters. The quantitative estimate of drug-likeness (QED) is 0.624. The molecule has 1 amide bonds. The van der Waals surface area contributed by atoms with Crippen LogP contribution in [0.25, 0.3) is 0 Å². The molecule has 0 saturated heterocycles. The number of hydrogen-bond acceptors (Lipinski definition) is 4. The third kappa shape index (κ3) is 5.69. The van der Waals surface area contributed by atoms with E-state index in [1.54, 1.807) is 42.5 Å². The van der Waals surface area contributed by atoms with Crippen molar-refractivity contribution in [3.63, 3.8) is 0 Å². The maximum Gasteiger partial charge on any atom is 0.225 e. The van der Waals surface area contributed by atoms with Crippen LogP contribution in [0.2, 0.25) is 0 Å². The average Bonchev–Trinajstić information content (AvgIpc) is 2.73. The molecule has 0 aliphatic heterocycles. The number of anilines is 1. The molecule has 0 aliphatic rings. The average molecular weight is 395 g/mol. The van der Waals surface area contributed by atoms with E-state index in [0.717, 1.165) is 5.56 Å². The summed E-state index contributed by atoms with van der Waals surface area (Å²) < 4.78 is 30.2. The lowest BCUT2D eigenvalue weighted by molar-refractivity contribution is -0.115. The van der Waals surface area contributed by atoms with Gasteiger partial charge in [0, 0.05) is 12.1 Å². The molecule has 0 saturated carbocycles. The zero-order valence-electron chi connectivity index (χ0n) is 15.2. The molecule has 3 aromatic rings. The Hall–Kier alpha value is -3.12. The second-order valence-corrected chi connectivity index (χ2v) is 8.34. The Bertz CT molecular complexity index is 1000. The number of rotatable bonds is 8. The van der Waals surface area contributed by atoms with Crippen LogP contribution < -0.4 is 10.1 Å². The first-order valence-corrected chi connectivity index (χ1v) is 10.5. The van der Waals surface area contributed by atoms with E-state index in [9.17, 15) is 13.2 Å². The number of hydrogen-bond donors (Lipinski definition) is 1. The highest BCUT2D eigenvalue weighted by Crippen LogP contribution is 2.18. The van der Waals surface area contributed by atoms with E-state index in [1.165, 1.54) is 12.1 Å². The van der Waals surface area contributed by atoms with E-state index in [2.05, 4.69) is 5.32 Å². The van der Waals surface area contributed by atoms with Crippen LogP contribution in [0.1, 0.15) is 12.0 Å². The molecule has 3 aromatic carbocycles. The fourth-order valence-electron chi connectivity index (χ4n) is 2.57. The second kappa shape index (κ2) is 9.19. The molecule has 0 heterocycles. The summed E-state index contributed by atoms with van der Waals surface area (Å²) in [6.45, 7) is 0.462. The van der Waals surface area contributed by atoms with Crippen molar-refractivity contribution in [3.8, 4) is 5.75 Å². The summed E-state index contributed by atoms with van der Waals surface area (Å²) in [5.74, 6) is 0.104. The minimum absolute atomic E-state index is 0.108. The maximum atomic E-state index is 12.2. The number of carbonyl (C=O) groups is 1. The third-order valence-corrected chi connectivity index (χ3v) is 5.82. The molecule has 1 N–H and O–H groups in total. The molecular formula is C22H21NO4S. The fourth-order valence-corrected chi connectivity index (χ4v) is 3.83. The fraction of sp³-hybridized carbons (Fsp3) is 0.136. The van der Waals surface area contributed by atoms with Gasteiger partial charge in [0.25, 0.3) is 0 Å². The topological polar surface area (TPSA) is 72.5 Å². The van der Waals surface area contributed by atoms with Crippen molar-refractivity contribution in [2.75, 3.05) is 11.1 Å². The van der Waals surface area contributed by atoms with Gasteiger partial charge < -0.3 is 10.1 Å². The number of benzene rings is 3. The number of nitrogens with one attached hydrogen (secondary N) is 1. The highest BCUT2D eigenvalue weighted by molar-refractivity contribution is 7.91. The summed E-state index contributed by atoms with van der Waals surface area (Å²) >= 11 is 0. The van der Waals surface area contributed by atoms with Gasteiger partial charge in [-0.05, 0) is 42.0 Å². The molecule has 0 radical (unpaired) electrons. The summed E-state index contributed by atoms with van der Waals surface area (Å²) in [6, 6.07) is 24.9. The van der Waals surface area contributed by atoms with Crippen molar-refractivity contribution in [2.24, 2.45) is 0 Å². The van der Waals surface area contributed by atoms with Crippen LogP contribution in [0.3, 0.4) is 0 Å². The SMILES string of the molecule is O=C(CCS(=O)(=O)c1ccccc1)Nc1ccc(OCc2ccccc2)cc1. The van der Waals surface area contributed by atoms with Crippen LogP contribution >= 0.6 is 0 Å². The first-order valence-electron chi connectivity index (χ1n) is 8.87. The number of amides is 1. The van der Waals surface area contributed by atoms with Crippen molar-refractivity contribution in [1.29, 1.82) is 0 Å². The van der Waals surface area contributed by atoms with Gasteiger partial charge in [0.1, 0.15) is 12.4 Å². The van der Waals surface area contributed by atoms with Crippen LogP contribution in [0.15, 0.2) is 89.8 Å². The van der Waals surface area contributed by atoms with Crippen LogP contribution in [-0.2, 0) is 21.2 Å². The first kappa shape index (κ1) is 19.6. The zero-order chi connectivity index (χ0) is 19.8. The number of sulfone groups is 1. The van der Waals surface area contributed by atoms with Crippen LogP contribution in [0, 0.1) is 0 Å². The summed E-state index contributed by atoms with van der Waals surface area (Å²) in [7, 11) is -3.47. The van der Waals surface area contributed by atoms with Crippen LogP contribution in [0.4, 0.5) is 5.69 Å². The molecule has 5 nitrogen and oxygen atoms in total. The van der Waals surface area contributed by atoms with Gasteiger partial charge in [0.2, 0.25) is 5.91 Å². The highest BCUT2D eigenvalue weighted by Gasteiger charge is 2.16. The molecule has 0 spiro atoms. The van der Waals surface area contributed by atoms with E-state index in [4.69, 9.17) is 4.74 Å². The Balaban J connectivity index is 1.49. The molecular weight excluding hydrogens is 374 g/mol. The molecule has 0 bridgehead atoms. The highest BCUT2D eigenvalue weighted by atomic mass is 32.2. The summed E-state index contributed by atoms with van der Waals surface area (Å²) in [6.07, 6.45) is -0.108. The Labute approximate surface area is 164 Å². The van der Waals surface area contributed by atoms with Crippen molar-refractivity contribution in [1.82, 2.24) is 0 Å². The molecule has 6 heteroatoms. The Morgan fingerprint density at radius 1 is 0.821 bits per heavy atom. The summed E-state index contributed by atoms with van der Waals surface area (Å²) in [5.41, 5.74) is 1.66. The van der Waals surface area contributed by atoms with Crippen molar-refractivity contribution in [2.45, 2.75) is 17.9 Å². The Morgan fingerprint density at radius 2 is 1.43 bits per heavy atom. The van der Waals surface area contributed by atoms with E-state index in [-0.39, 0.29) is 23.0 Å². The first-order chi connectivity index (χ1) is 13.5. The van der Waals surface area contributed by atoms with Gasteiger partial charge in [-0.2, -0.15) is 0 Å². The number of carbonyl (C=O) groups excluding carboxylic acids is 1. The maximum absolute atomic E-state index is 12.2. The van der Waals surface area contributed by atoms with Gasteiger partial charge in [-0.15, -0.1) is 0 Å². The van der Waals surface area contributed by atoms with Gasteiger partial charge >= 0.3 is 0 Å². The predicted octanol–water partition coefficient (Wildman–Crippen LogP) is 4.07. The normalized spacial score (nSPS) is 11.0. The summed E-state index contributed by atoms with van der Waals surface area (Å²) in [4.78, 5) is 12.3. The molecule has 3 rings (SSSR count). The lowest BCUT2D eigenvalue weighted by Crippen LogP contribution is -2.17. The Kier molecular flexibility index (Phi) is 6.45. The third-order valence-electron chi connectivity index (χ3n) is 4.09.